The fraction of sp³-hybridized carbons (Fsp3) is 0. The molecule has 0 radical (unpaired) electrons. The first-order chi connectivity index (χ1) is 4.39. The number of halogens is 1. The van der Waals surface area contributed by atoms with E-state index >= 15 is 0 Å². The molecule has 0 spiro atoms. The van der Waals surface area contributed by atoms with Crippen LogP contribution in [0, 0.1) is 0 Å². The minimum atomic E-state index is 0.794. The summed E-state index contributed by atoms with van der Waals surface area (Å²) in [6.07, 6.45) is 0. The molecule has 1 aromatic carbocycles. The van der Waals surface area contributed by atoms with Crippen molar-refractivity contribution in [2.45, 2.75) is 0 Å². The molecule has 0 bridgehead atoms. The van der Waals surface area contributed by atoms with E-state index in [4.69, 9.17) is 15.4 Å². The maximum absolute atomic E-state index is 8.12. The van der Waals surface area contributed by atoms with Crippen molar-refractivity contribution >= 4 is 27.5 Å². The van der Waals surface area contributed by atoms with Gasteiger partial charge in [-0.05, 0) is 12.1 Å². The number of hydrogen-bond acceptors (Lipinski definition) is 1. The molecule has 0 amide bonds. The van der Waals surface area contributed by atoms with Crippen LogP contribution in [0.4, 0.5) is 0 Å². The zero-order valence-electron chi connectivity index (χ0n) is 4.58. The third-order valence-electron chi connectivity index (χ3n) is 0.733. The van der Waals surface area contributed by atoms with E-state index in [1.165, 1.54) is 15.9 Å². The minimum absolute atomic E-state index is 0.794. The van der Waals surface area contributed by atoms with Gasteiger partial charge in [-0.3, -0.25) is 0 Å². The van der Waals surface area contributed by atoms with Gasteiger partial charge in [0.15, 0.2) is 0 Å². The van der Waals surface area contributed by atoms with E-state index in [2.05, 4.69) is 0 Å². The third kappa shape index (κ3) is 4.34. The number of rotatable bonds is 0. The zero-order valence-corrected chi connectivity index (χ0v) is 7.05. The van der Waals surface area contributed by atoms with Crippen LogP contribution in [0.1, 0.15) is 0 Å². The van der Waals surface area contributed by atoms with Crippen LogP contribution in [-0.2, 0) is 3.83 Å². The van der Waals surface area contributed by atoms with Crippen LogP contribution in [0.5, 0.6) is 0 Å². The Bertz CT molecular complexity index is 154. The molecule has 0 aliphatic carbocycles. The second kappa shape index (κ2) is 5.96. The standard InChI is InChI=1S/C6H5Cl.OSe/c7-6-4-2-1-3-5-6;1-2/h1-5H;. The Labute approximate surface area is 67.0 Å². The number of benzene rings is 1. The molecule has 0 saturated carbocycles. The van der Waals surface area contributed by atoms with Gasteiger partial charge in [-0.25, -0.2) is 0 Å². The van der Waals surface area contributed by atoms with Gasteiger partial charge in [0.05, 0.1) is 0 Å². The molecule has 0 aliphatic rings. The van der Waals surface area contributed by atoms with Gasteiger partial charge in [-0.2, -0.15) is 0 Å². The van der Waals surface area contributed by atoms with Crippen LogP contribution in [-0.4, -0.2) is 15.9 Å². The van der Waals surface area contributed by atoms with Gasteiger partial charge < -0.3 is 0 Å². The predicted octanol–water partition coefficient (Wildman–Crippen LogP) is 1.84. The molecule has 0 atom stereocenters. The van der Waals surface area contributed by atoms with E-state index in [0.29, 0.717) is 0 Å². The van der Waals surface area contributed by atoms with Gasteiger partial charge in [0.1, 0.15) is 0 Å². The van der Waals surface area contributed by atoms with Crippen LogP contribution >= 0.6 is 11.6 Å². The fourth-order valence-corrected chi connectivity index (χ4v) is 0.560. The molecule has 0 unspecified atom stereocenters. The molecule has 0 heterocycles. The normalized spacial score (nSPS) is 7.22. The summed E-state index contributed by atoms with van der Waals surface area (Å²) in [5, 5.41) is 0.794. The second-order valence-electron chi connectivity index (χ2n) is 1.30. The van der Waals surface area contributed by atoms with Crippen LogP contribution < -0.4 is 0 Å². The van der Waals surface area contributed by atoms with Crippen LogP contribution in [0.15, 0.2) is 30.3 Å². The Hall–Kier alpha value is -0.171. The van der Waals surface area contributed by atoms with E-state index < -0.39 is 0 Å². The van der Waals surface area contributed by atoms with Crippen molar-refractivity contribution in [2.24, 2.45) is 0 Å². The van der Waals surface area contributed by atoms with Crippen LogP contribution in [0.3, 0.4) is 0 Å². The summed E-state index contributed by atoms with van der Waals surface area (Å²) in [6.45, 7) is 0. The topological polar surface area (TPSA) is 17.1 Å². The molecule has 1 nitrogen and oxygen atoms in total. The Morgan fingerprint density at radius 1 is 1.11 bits per heavy atom. The molecule has 3 heteroatoms. The Morgan fingerprint density at radius 3 is 1.78 bits per heavy atom. The first-order valence-corrected chi connectivity index (χ1v) is 3.34. The van der Waals surface area contributed by atoms with Crippen molar-refractivity contribution in [3.8, 4) is 0 Å². The van der Waals surface area contributed by atoms with Crippen LogP contribution in [0.25, 0.3) is 0 Å². The van der Waals surface area contributed by atoms with Crippen molar-refractivity contribution < 1.29 is 3.83 Å². The van der Waals surface area contributed by atoms with Crippen molar-refractivity contribution in [2.75, 3.05) is 0 Å². The molecular weight excluding hydrogens is 202 g/mol. The monoisotopic (exact) mass is 208 g/mol. The summed E-state index contributed by atoms with van der Waals surface area (Å²) in [7, 11) is 0. The molecule has 9 heavy (non-hydrogen) atoms. The number of hydrogen-bond donors (Lipinski definition) is 0. The second-order valence-corrected chi connectivity index (χ2v) is 1.73. The van der Waals surface area contributed by atoms with E-state index in [0.717, 1.165) is 5.02 Å². The summed E-state index contributed by atoms with van der Waals surface area (Å²) in [4.78, 5) is 0. The van der Waals surface area contributed by atoms with Gasteiger partial charge >= 0.3 is 19.8 Å². The molecule has 0 aliphatic heterocycles. The first kappa shape index (κ1) is 8.83. The summed E-state index contributed by atoms with van der Waals surface area (Å²) >= 11 is 6.91. The SMILES string of the molecule is Clc1ccccc1.O=[Se]. The van der Waals surface area contributed by atoms with Crippen molar-refractivity contribution in [3.05, 3.63) is 35.4 Å². The average Bonchev–Trinajstić information content (AvgIpc) is 1.94. The Balaban J connectivity index is 0.000000291. The predicted molar refractivity (Wildman–Crippen MR) is 37.9 cm³/mol. The van der Waals surface area contributed by atoms with Gasteiger partial charge in [0, 0.05) is 5.02 Å². The van der Waals surface area contributed by atoms with Gasteiger partial charge in [-0.15, -0.1) is 0 Å². The molecule has 1 aromatic rings. The summed E-state index contributed by atoms with van der Waals surface area (Å²) in [5.41, 5.74) is 0. The van der Waals surface area contributed by atoms with E-state index in [1.807, 2.05) is 30.3 Å². The Kier molecular flexibility index (Phi) is 5.84. The van der Waals surface area contributed by atoms with Crippen molar-refractivity contribution in [1.29, 1.82) is 0 Å². The quantitative estimate of drug-likeness (QED) is 0.594. The van der Waals surface area contributed by atoms with Gasteiger partial charge in [-0.1, -0.05) is 29.8 Å². The summed E-state index contributed by atoms with van der Waals surface area (Å²) in [6, 6.07) is 9.44. The third-order valence-corrected chi connectivity index (χ3v) is 0.985. The fourth-order valence-electron chi connectivity index (χ4n) is 0.415. The average molecular weight is 208 g/mol. The summed E-state index contributed by atoms with van der Waals surface area (Å²) < 4.78 is 8.12. The summed E-state index contributed by atoms with van der Waals surface area (Å²) in [5.74, 6) is 0. The van der Waals surface area contributed by atoms with Crippen molar-refractivity contribution in [3.63, 3.8) is 0 Å². The van der Waals surface area contributed by atoms with E-state index in [9.17, 15) is 0 Å². The molecule has 48 valence electrons. The zero-order chi connectivity index (χ0) is 7.11. The first-order valence-electron chi connectivity index (χ1n) is 2.27. The molecular formula is C6H5ClOSe. The van der Waals surface area contributed by atoms with Crippen LogP contribution in [0.2, 0.25) is 5.02 Å². The van der Waals surface area contributed by atoms with Gasteiger partial charge in [0.25, 0.3) is 0 Å². The van der Waals surface area contributed by atoms with Crippen molar-refractivity contribution in [1.82, 2.24) is 0 Å². The Morgan fingerprint density at radius 2 is 1.56 bits per heavy atom. The van der Waals surface area contributed by atoms with E-state index in [1.54, 1.807) is 0 Å². The molecule has 0 N–H and O–H groups in total. The molecule has 0 aromatic heterocycles. The molecule has 0 fully saturated rings. The van der Waals surface area contributed by atoms with Gasteiger partial charge in [0.2, 0.25) is 0 Å². The molecule has 0 saturated heterocycles. The maximum atomic E-state index is 8.12. The van der Waals surface area contributed by atoms with E-state index in [-0.39, 0.29) is 0 Å². The molecule has 1 rings (SSSR count).